The summed E-state index contributed by atoms with van der Waals surface area (Å²) in [6, 6.07) is 4.79. The van der Waals surface area contributed by atoms with Gasteiger partial charge in [0.2, 0.25) is 0 Å². The highest BCUT2D eigenvalue weighted by atomic mass is 32.1. The number of hydrogen-bond acceptors (Lipinski definition) is 5. The van der Waals surface area contributed by atoms with Crippen LogP contribution in [0.5, 0.6) is 5.75 Å². The van der Waals surface area contributed by atoms with Crippen LogP contribution in [0.4, 0.5) is 4.39 Å². The van der Waals surface area contributed by atoms with Crippen LogP contribution >= 0.6 is 22.7 Å². The molecule has 0 fully saturated rings. The second kappa shape index (κ2) is 4.47. The monoisotopic (exact) mass is 296 g/mol. The van der Waals surface area contributed by atoms with Crippen LogP contribution in [-0.2, 0) is 4.74 Å². The summed E-state index contributed by atoms with van der Waals surface area (Å²) in [6.07, 6.45) is 0. The van der Waals surface area contributed by atoms with E-state index in [1.165, 1.54) is 17.4 Å². The number of hydrogen-bond donors (Lipinski definition) is 1. The molecule has 2 aromatic heterocycles. The Labute approximate surface area is 115 Å². The van der Waals surface area contributed by atoms with E-state index in [-0.39, 0.29) is 23.1 Å². The van der Waals surface area contributed by atoms with E-state index in [1.54, 1.807) is 19.1 Å². The lowest BCUT2D eigenvalue weighted by Crippen LogP contribution is -2.01. The summed E-state index contributed by atoms with van der Waals surface area (Å²) in [5.74, 6) is -1.03. The van der Waals surface area contributed by atoms with Gasteiger partial charge in [0, 0.05) is 10.1 Å². The van der Waals surface area contributed by atoms with Crippen LogP contribution in [0.3, 0.4) is 0 Å². The molecule has 0 radical (unpaired) electrons. The molecule has 98 valence electrons. The lowest BCUT2D eigenvalue weighted by atomic mass is 10.2. The van der Waals surface area contributed by atoms with Gasteiger partial charge in [-0.2, -0.15) is 0 Å². The van der Waals surface area contributed by atoms with Crippen molar-refractivity contribution in [3.8, 4) is 5.75 Å². The van der Waals surface area contributed by atoms with E-state index >= 15 is 0 Å². The molecule has 0 spiro atoms. The Bertz CT molecular complexity index is 788. The van der Waals surface area contributed by atoms with Gasteiger partial charge in [0.1, 0.15) is 5.82 Å². The molecular formula is C13H9FO3S2. The number of rotatable bonds is 2. The second-order valence-corrected chi connectivity index (χ2v) is 5.95. The lowest BCUT2D eigenvalue weighted by Gasteiger charge is -1.98. The van der Waals surface area contributed by atoms with E-state index in [0.717, 1.165) is 16.0 Å². The van der Waals surface area contributed by atoms with Gasteiger partial charge >= 0.3 is 5.97 Å². The summed E-state index contributed by atoms with van der Waals surface area (Å²) in [5.41, 5.74) is 0. The van der Waals surface area contributed by atoms with Gasteiger partial charge in [-0.25, -0.2) is 9.18 Å². The van der Waals surface area contributed by atoms with E-state index in [9.17, 15) is 14.3 Å². The SMILES string of the molecule is CCOC(=O)c1sc2c(sc3cccc(F)c32)c1O. The molecule has 0 saturated heterocycles. The number of esters is 1. The molecule has 0 aliphatic rings. The van der Waals surface area contributed by atoms with E-state index in [1.807, 2.05) is 0 Å². The van der Waals surface area contributed by atoms with Crippen molar-refractivity contribution in [1.82, 2.24) is 0 Å². The molecule has 0 unspecified atom stereocenters. The van der Waals surface area contributed by atoms with Gasteiger partial charge in [-0.3, -0.25) is 0 Å². The number of fused-ring (bicyclic) bond motifs is 3. The summed E-state index contributed by atoms with van der Waals surface area (Å²) in [6.45, 7) is 1.93. The Morgan fingerprint density at radius 3 is 2.89 bits per heavy atom. The third-order valence-electron chi connectivity index (χ3n) is 2.72. The highest BCUT2D eigenvalue weighted by Crippen LogP contribution is 2.47. The molecule has 0 saturated carbocycles. The first-order chi connectivity index (χ1) is 9.13. The first-order valence-electron chi connectivity index (χ1n) is 5.63. The smallest absolute Gasteiger partial charge is 0.352 e. The summed E-state index contributed by atoms with van der Waals surface area (Å²) in [7, 11) is 0. The van der Waals surface area contributed by atoms with Crippen molar-refractivity contribution in [1.29, 1.82) is 0 Å². The number of aromatic hydroxyl groups is 1. The van der Waals surface area contributed by atoms with Crippen LogP contribution in [0, 0.1) is 5.82 Å². The Hall–Kier alpha value is -1.66. The second-order valence-electron chi connectivity index (χ2n) is 3.87. The molecule has 3 aromatic rings. The average molecular weight is 296 g/mol. The van der Waals surface area contributed by atoms with Crippen LogP contribution in [0.1, 0.15) is 16.6 Å². The molecule has 19 heavy (non-hydrogen) atoms. The van der Waals surface area contributed by atoms with E-state index in [0.29, 0.717) is 14.8 Å². The zero-order valence-electron chi connectivity index (χ0n) is 9.90. The number of carbonyl (C=O) groups is 1. The highest BCUT2D eigenvalue weighted by Gasteiger charge is 2.23. The maximum Gasteiger partial charge on any atom is 0.352 e. The van der Waals surface area contributed by atoms with Gasteiger partial charge in [-0.1, -0.05) is 6.07 Å². The topological polar surface area (TPSA) is 46.5 Å². The molecule has 0 amide bonds. The Balaban J connectivity index is 2.30. The van der Waals surface area contributed by atoms with Crippen LogP contribution in [0.2, 0.25) is 0 Å². The summed E-state index contributed by atoms with van der Waals surface area (Å²) >= 11 is 2.34. The van der Waals surface area contributed by atoms with E-state index in [4.69, 9.17) is 4.74 Å². The van der Waals surface area contributed by atoms with Crippen LogP contribution < -0.4 is 0 Å². The fourth-order valence-electron chi connectivity index (χ4n) is 1.92. The molecule has 1 aromatic carbocycles. The summed E-state index contributed by atoms with van der Waals surface area (Å²) in [4.78, 5) is 11.8. The minimum Gasteiger partial charge on any atom is -0.505 e. The van der Waals surface area contributed by atoms with Crippen molar-refractivity contribution in [2.45, 2.75) is 6.92 Å². The van der Waals surface area contributed by atoms with Gasteiger partial charge in [0.15, 0.2) is 10.6 Å². The van der Waals surface area contributed by atoms with Crippen LogP contribution in [0.15, 0.2) is 18.2 Å². The van der Waals surface area contributed by atoms with Crippen molar-refractivity contribution in [2.75, 3.05) is 6.61 Å². The quantitative estimate of drug-likeness (QED) is 0.723. The molecule has 0 aliphatic carbocycles. The van der Waals surface area contributed by atoms with Crippen molar-refractivity contribution in [2.24, 2.45) is 0 Å². The first-order valence-corrected chi connectivity index (χ1v) is 7.26. The Morgan fingerprint density at radius 2 is 2.16 bits per heavy atom. The third kappa shape index (κ3) is 1.79. The third-order valence-corrected chi connectivity index (χ3v) is 5.18. The normalized spacial score (nSPS) is 11.3. The summed E-state index contributed by atoms with van der Waals surface area (Å²) < 4.78 is 20.6. The molecule has 0 bridgehead atoms. The molecule has 2 heterocycles. The first kappa shape index (κ1) is 12.4. The zero-order chi connectivity index (χ0) is 13.6. The molecule has 0 aliphatic heterocycles. The molecule has 1 N–H and O–H groups in total. The number of benzene rings is 1. The van der Waals surface area contributed by atoms with E-state index < -0.39 is 5.97 Å². The Kier molecular flexibility index (Phi) is 2.91. The van der Waals surface area contributed by atoms with Gasteiger partial charge < -0.3 is 9.84 Å². The molecule has 3 rings (SSSR count). The fourth-order valence-corrected chi connectivity index (χ4v) is 4.41. The molecule has 0 atom stereocenters. The molecular weight excluding hydrogens is 287 g/mol. The number of ether oxygens (including phenoxy) is 1. The van der Waals surface area contributed by atoms with Crippen molar-refractivity contribution in [3.05, 3.63) is 28.9 Å². The predicted molar refractivity (Wildman–Crippen MR) is 74.8 cm³/mol. The lowest BCUT2D eigenvalue weighted by molar-refractivity contribution is 0.0529. The van der Waals surface area contributed by atoms with Gasteiger partial charge in [-0.05, 0) is 19.1 Å². The van der Waals surface area contributed by atoms with Crippen LogP contribution in [0.25, 0.3) is 19.5 Å². The number of halogens is 1. The highest BCUT2D eigenvalue weighted by molar-refractivity contribution is 7.33. The fraction of sp³-hybridized carbons (Fsp3) is 0.154. The Morgan fingerprint density at radius 1 is 1.37 bits per heavy atom. The van der Waals surface area contributed by atoms with Crippen molar-refractivity contribution in [3.63, 3.8) is 0 Å². The molecule has 3 nitrogen and oxygen atoms in total. The van der Waals surface area contributed by atoms with Gasteiger partial charge in [0.25, 0.3) is 0 Å². The minimum atomic E-state index is -0.571. The van der Waals surface area contributed by atoms with Gasteiger partial charge in [-0.15, -0.1) is 22.7 Å². The summed E-state index contributed by atoms with van der Waals surface area (Å²) in [5, 5.41) is 10.5. The van der Waals surface area contributed by atoms with E-state index in [2.05, 4.69) is 0 Å². The van der Waals surface area contributed by atoms with Crippen LogP contribution in [-0.4, -0.2) is 17.7 Å². The van der Waals surface area contributed by atoms with Crippen molar-refractivity contribution < 1.29 is 19.0 Å². The average Bonchev–Trinajstić information content (AvgIpc) is 2.88. The maximum atomic E-state index is 13.9. The largest absolute Gasteiger partial charge is 0.505 e. The molecule has 6 heteroatoms. The minimum absolute atomic E-state index is 0.112. The number of carbonyl (C=O) groups excluding carboxylic acids is 1. The van der Waals surface area contributed by atoms with Crippen molar-refractivity contribution >= 4 is 48.1 Å². The maximum absolute atomic E-state index is 13.9. The zero-order valence-corrected chi connectivity index (χ0v) is 11.5. The van der Waals surface area contributed by atoms with Gasteiger partial charge in [0.05, 0.1) is 16.0 Å². The standard InChI is InChI=1S/C13H9FO3S2/c1-2-17-13(16)12-9(15)11-10(19-12)8-6(14)4-3-5-7(8)18-11/h3-5,15H,2H2,1H3. The predicted octanol–water partition coefficient (Wildman–Crippen LogP) is 4.14. The number of thiophene rings is 2.